The summed E-state index contributed by atoms with van der Waals surface area (Å²) in [5.41, 5.74) is 1.59. The van der Waals surface area contributed by atoms with Gasteiger partial charge < -0.3 is 19.5 Å². The van der Waals surface area contributed by atoms with E-state index in [1.807, 2.05) is 49.9 Å². The molecule has 1 N–H and O–H groups in total. The Kier molecular flexibility index (Phi) is 5.33. The number of carbonyl (C=O) groups is 1. The Bertz CT molecular complexity index is 703. The van der Waals surface area contributed by atoms with Crippen LogP contribution in [0, 0.1) is 0 Å². The molecule has 25 heavy (non-hydrogen) atoms. The quantitative estimate of drug-likeness (QED) is 0.897. The molecular weight excluding hydrogens is 320 g/mol. The lowest BCUT2D eigenvalue weighted by atomic mass is 10.1. The maximum Gasteiger partial charge on any atom is 0.254 e. The fourth-order valence-corrected chi connectivity index (χ4v) is 2.94. The Morgan fingerprint density at radius 2 is 1.92 bits per heavy atom. The highest BCUT2D eigenvalue weighted by molar-refractivity contribution is 5.94. The molecule has 3 rings (SSSR count). The SMILES string of the molecule is CCc1nc(CNc2ccc(C(=O)N3C[C@H](C)O[C@@H](C)C3)cc2)no1. The molecule has 1 aromatic heterocycles. The second kappa shape index (κ2) is 7.65. The van der Waals surface area contributed by atoms with Gasteiger partial charge in [0.25, 0.3) is 5.91 Å². The summed E-state index contributed by atoms with van der Waals surface area (Å²) in [5, 5.41) is 7.13. The monoisotopic (exact) mass is 344 g/mol. The van der Waals surface area contributed by atoms with Gasteiger partial charge in [0.15, 0.2) is 5.82 Å². The van der Waals surface area contributed by atoms with Crippen LogP contribution in [0.15, 0.2) is 28.8 Å². The van der Waals surface area contributed by atoms with Crippen LogP contribution in [0.3, 0.4) is 0 Å². The third-order valence-corrected chi connectivity index (χ3v) is 4.10. The molecule has 7 heteroatoms. The maximum atomic E-state index is 12.6. The van der Waals surface area contributed by atoms with Crippen molar-refractivity contribution in [3.05, 3.63) is 41.5 Å². The third-order valence-electron chi connectivity index (χ3n) is 4.10. The van der Waals surface area contributed by atoms with Crippen molar-refractivity contribution in [1.82, 2.24) is 15.0 Å². The van der Waals surface area contributed by atoms with Crippen molar-refractivity contribution < 1.29 is 14.1 Å². The molecule has 1 fully saturated rings. The number of amides is 1. The van der Waals surface area contributed by atoms with E-state index in [1.54, 1.807) is 0 Å². The molecule has 0 radical (unpaired) electrons. The molecule has 1 amide bonds. The minimum absolute atomic E-state index is 0.0410. The van der Waals surface area contributed by atoms with Crippen molar-refractivity contribution in [1.29, 1.82) is 0 Å². The van der Waals surface area contributed by atoms with E-state index in [9.17, 15) is 4.79 Å². The molecule has 134 valence electrons. The Morgan fingerprint density at radius 1 is 1.24 bits per heavy atom. The van der Waals surface area contributed by atoms with E-state index >= 15 is 0 Å². The van der Waals surface area contributed by atoms with Crippen LogP contribution in [-0.2, 0) is 17.7 Å². The van der Waals surface area contributed by atoms with Gasteiger partial charge in [-0.05, 0) is 38.1 Å². The zero-order valence-electron chi connectivity index (χ0n) is 14.9. The summed E-state index contributed by atoms with van der Waals surface area (Å²) in [7, 11) is 0. The first-order chi connectivity index (χ1) is 12.0. The number of anilines is 1. The Hall–Kier alpha value is -2.41. The maximum absolute atomic E-state index is 12.6. The zero-order chi connectivity index (χ0) is 17.8. The first-order valence-electron chi connectivity index (χ1n) is 8.65. The van der Waals surface area contributed by atoms with Gasteiger partial charge in [-0.15, -0.1) is 0 Å². The van der Waals surface area contributed by atoms with E-state index in [0.29, 0.717) is 36.9 Å². The van der Waals surface area contributed by atoms with Crippen molar-refractivity contribution in [3.63, 3.8) is 0 Å². The highest BCUT2D eigenvalue weighted by atomic mass is 16.5. The number of hydrogen-bond acceptors (Lipinski definition) is 6. The van der Waals surface area contributed by atoms with Crippen LogP contribution < -0.4 is 5.32 Å². The second-order valence-electron chi connectivity index (χ2n) is 6.36. The van der Waals surface area contributed by atoms with Crippen LogP contribution in [0.4, 0.5) is 5.69 Å². The number of nitrogens with zero attached hydrogens (tertiary/aromatic N) is 3. The van der Waals surface area contributed by atoms with Crippen LogP contribution in [0.2, 0.25) is 0 Å². The molecular formula is C18H24N4O3. The number of aryl methyl sites for hydroxylation is 1. The lowest BCUT2D eigenvalue weighted by molar-refractivity contribution is -0.0586. The van der Waals surface area contributed by atoms with Crippen LogP contribution in [0.5, 0.6) is 0 Å². The lowest BCUT2D eigenvalue weighted by Crippen LogP contribution is -2.48. The smallest absolute Gasteiger partial charge is 0.254 e. The summed E-state index contributed by atoms with van der Waals surface area (Å²) >= 11 is 0. The topological polar surface area (TPSA) is 80.5 Å². The van der Waals surface area contributed by atoms with Crippen molar-refractivity contribution in [3.8, 4) is 0 Å². The summed E-state index contributed by atoms with van der Waals surface area (Å²) in [6.07, 6.45) is 0.857. The average molecular weight is 344 g/mol. The second-order valence-corrected chi connectivity index (χ2v) is 6.36. The number of morpholine rings is 1. The molecule has 1 saturated heterocycles. The number of ether oxygens (including phenoxy) is 1. The molecule has 7 nitrogen and oxygen atoms in total. The van der Waals surface area contributed by atoms with E-state index in [2.05, 4.69) is 15.5 Å². The minimum atomic E-state index is 0.0410. The summed E-state index contributed by atoms with van der Waals surface area (Å²) in [6, 6.07) is 7.45. The van der Waals surface area contributed by atoms with Gasteiger partial charge in [0.05, 0.1) is 18.8 Å². The van der Waals surface area contributed by atoms with E-state index in [1.165, 1.54) is 0 Å². The first kappa shape index (κ1) is 17.4. The van der Waals surface area contributed by atoms with E-state index in [4.69, 9.17) is 9.26 Å². The predicted molar refractivity (Wildman–Crippen MR) is 93.4 cm³/mol. The number of nitrogens with one attached hydrogen (secondary N) is 1. The summed E-state index contributed by atoms with van der Waals surface area (Å²) in [6.45, 7) is 7.68. The average Bonchev–Trinajstić information content (AvgIpc) is 3.07. The van der Waals surface area contributed by atoms with Crippen LogP contribution in [0.25, 0.3) is 0 Å². The van der Waals surface area contributed by atoms with Crippen molar-refractivity contribution >= 4 is 11.6 Å². The minimum Gasteiger partial charge on any atom is -0.378 e. The normalized spacial score (nSPS) is 20.5. The summed E-state index contributed by atoms with van der Waals surface area (Å²) < 4.78 is 10.8. The van der Waals surface area contributed by atoms with Gasteiger partial charge in [0, 0.05) is 30.8 Å². The largest absolute Gasteiger partial charge is 0.378 e. The van der Waals surface area contributed by atoms with Gasteiger partial charge in [-0.3, -0.25) is 4.79 Å². The van der Waals surface area contributed by atoms with Crippen LogP contribution >= 0.6 is 0 Å². The van der Waals surface area contributed by atoms with E-state index in [-0.39, 0.29) is 18.1 Å². The molecule has 0 spiro atoms. The number of benzene rings is 1. The van der Waals surface area contributed by atoms with Crippen LogP contribution in [-0.4, -0.2) is 46.2 Å². The molecule has 0 saturated carbocycles. The Morgan fingerprint density at radius 3 is 2.52 bits per heavy atom. The predicted octanol–water partition coefficient (Wildman–Crippen LogP) is 2.49. The third kappa shape index (κ3) is 4.36. The number of hydrogen-bond donors (Lipinski definition) is 1. The standard InChI is InChI=1S/C18H24N4O3/c1-4-17-20-16(21-25-17)9-19-15-7-5-14(6-8-15)18(23)22-10-12(2)24-13(3)11-22/h5-8,12-13,19H,4,9-11H2,1-3H3/t12-,13-/m0/s1. The van der Waals surface area contributed by atoms with E-state index in [0.717, 1.165) is 12.1 Å². The molecule has 1 aliphatic heterocycles. The molecule has 2 atom stereocenters. The molecule has 1 aliphatic rings. The molecule has 1 aromatic carbocycles. The molecule has 0 aliphatic carbocycles. The van der Waals surface area contributed by atoms with Gasteiger partial charge in [-0.2, -0.15) is 4.98 Å². The van der Waals surface area contributed by atoms with Crippen molar-refractivity contribution in [2.75, 3.05) is 18.4 Å². The van der Waals surface area contributed by atoms with Gasteiger partial charge in [0.2, 0.25) is 5.89 Å². The van der Waals surface area contributed by atoms with Crippen molar-refractivity contribution in [2.45, 2.75) is 45.9 Å². The molecule has 0 unspecified atom stereocenters. The molecule has 2 aromatic rings. The molecule has 0 bridgehead atoms. The van der Waals surface area contributed by atoms with Crippen molar-refractivity contribution in [2.24, 2.45) is 0 Å². The van der Waals surface area contributed by atoms with Gasteiger partial charge >= 0.3 is 0 Å². The lowest BCUT2D eigenvalue weighted by Gasteiger charge is -2.35. The zero-order valence-corrected chi connectivity index (χ0v) is 14.9. The molecule has 2 heterocycles. The first-order valence-corrected chi connectivity index (χ1v) is 8.65. The van der Waals surface area contributed by atoms with E-state index < -0.39 is 0 Å². The Balaban J connectivity index is 1.58. The fourth-order valence-electron chi connectivity index (χ4n) is 2.94. The summed E-state index contributed by atoms with van der Waals surface area (Å²) in [5.74, 6) is 1.29. The number of rotatable bonds is 5. The van der Waals surface area contributed by atoms with Gasteiger partial charge in [0.1, 0.15) is 0 Å². The van der Waals surface area contributed by atoms with Crippen LogP contribution in [0.1, 0.15) is 42.8 Å². The highest BCUT2D eigenvalue weighted by Crippen LogP contribution is 2.16. The van der Waals surface area contributed by atoms with Gasteiger partial charge in [-0.25, -0.2) is 0 Å². The Labute approximate surface area is 147 Å². The summed E-state index contributed by atoms with van der Waals surface area (Å²) in [4.78, 5) is 18.7. The van der Waals surface area contributed by atoms with Gasteiger partial charge in [-0.1, -0.05) is 12.1 Å². The number of carbonyl (C=O) groups excluding carboxylic acids is 1. The highest BCUT2D eigenvalue weighted by Gasteiger charge is 2.26. The number of aromatic nitrogens is 2. The fraction of sp³-hybridized carbons (Fsp3) is 0.500.